The number of hydrogen-bond acceptors (Lipinski definition) is 8. The first-order valence-corrected chi connectivity index (χ1v) is 11.2. The van der Waals surface area contributed by atoms with Gasteiger partial charge >= 0.3 is 0 Å². The van der Waals surface area contributed by atoms with Crippen LogP contribution in [-0.2, 0) is 11.3 Å². The fourth-order valence-corrected chi connectivity index (χ4v) is 4.16. The van der Waals surface area contributed by atoms with Crippen molar-refractivity contribution in [1.82, 2.24) is 24.6 Å². The molecule has 168 valence electrons. The number of rotatable bonds is 5. The number of azo groups is 1. The molecular weight excluding hydrogens is 428 g/mol. The monoisotopic (exact) mass is 450 g/mol. The Morgan fingerprint density at radius 1 is 0.941 bits per heavy atom. The number of ether oxygens (including phenoxy) is 1. The highest BCUT2D eigenvalue weighted by atomic mass is 16.5. The quantitative estimate of drug-likeness (QED) is 0.367. The molecular formula is C25H22N8O. The summed E-state index contributed by atoms with van der Waals surface area (Å²) in [4.78, 5) is 15.5. The molecule has 1 aliphatic heterocycles. The molecule has 6 rings (SSSR count). The molecule has 0 spiro atoms. The van der Waals surface area contributed by atoms with E-state index in [0.717, 1.165) is 52.3 Å². The van der Waals surface area contributed by atoms with Crippen molar-refractivity contribution in [2.75, 3.05) is 31.2 Å². The molecule has 9 nitrogen and oxygen atoms in total. The van der Waals surface area contributed by atoms with Crippen molar-refractivity contribution in [3.8, 4) is 11.3 Å². The van der Waals surface area contributed by atoms with Gasteiger partial charge in [0.2, 0.25) is 0 Å². The van der Waals surface area contributed by atoms with Crippen molar-refractivity contribution in [2.24, 2.45) is 10.2 Å². The van der Waals surface area contributed by atoms with E-state index in [1.165, 1.54) is 0 Å². The SMILES string of the molecule is c1ccc2c(CN=Nc3cc(N4CCOCC4)n4nc(-c5ccncc5)cc4n3)ccnc2c1. The van der Waals surface area contributed by atoms with Crippen LogP contribution in [0.2, 0.25) is 0 Å². The maximum absolute atomic E-state index is 5.55. The van der Waals surface area contributed by atoms with Gasteiger partial charge in [0.05, 0.1) is 31.0 Å². The van der Waals surface area contributed by atoms with Gasteiger partial charge in [-0.1, -0.05) is 18.2 Å². The first kappa shape index (κ1) is 20.4. The molecule has 0 radical (unpaired) electrons. The molecule has 4 aromatic heterocycles. The van der Waals surface area contributed by atoms with Crippen LogP contribution in [0.5, 0.6) is 0 Å². The fourth-order valence-electron chi connectivity index (χ4n) is 4.16. The average Bonchev–Trinajstić information content (AvgIpc) is 3.34. The van der Waals surface area contributed by atoms with Crippen molar-refractivity contribution in [1.29, 1.82) is 0 Å². The molecule has 0 unspecified atom stereocenters. The fraction of sp³-hybridized carbons (Fsp3) is 0.200. The third-order valence-corrected chi connectivity index (χ3v) is 5.86. The van der Waals surface area contributed by atoms with Gasteiger partial charge in [0.25, 0.3) is 0 Å². The normalized spacial score (nSPS) is 14.4. The largest absolute Gasteiger partial charge is 0.378 e. The minimum absolute atomic E-state index is 0.449. The Kier molecular flexibility index (Phi) is 5.36. The lowest BCUT2D eigenvalue weighted by Gasteiger charge is -2.28. The highest BCUT2D eigenvalue weighted by molar-refractivity contribution is 5.81. The van der Waals surface area contributed by atoms with Crippen LogP contribution >= 0.6 is 0 Å². The number of nitrogens with zero attached hydrogens (tertiary/aromatic N) is 8. The van der Waals surface area contributed by atoms with Gasteiger partial charge in [0.1, 0.15) is 5.82 Å². The van der Waals surface area contributed by atoms with Crippen molar-refractivity contribution in [2.45, 2.75) is 6.54 Å². The lowest BCUT2D eigenvalue weighted by molar-refractivity contribution is 0.122. The van der Waals surface area contributed by atoms with E-state index in [-0.39, 0.29) is 0 Å². The van der Waals surface area contributed by atoms with E-state index in [4.69, 9.17) is 14.8 Å². The summed E-state index contributed by atoms with van der Waals surface area (Å²) in [6, 6.07) is 17.8. The molecule has 5 heterocycles. The minimum atomic E-state index is 0.449. The third-order valence-electron chi connectivity index (χ3n) is 5.86. The summed E-state index contributed by atoms with van der Waals surface area (Å²) in [6.45, 7) is 3.36. The zero-order valence-corrected chi connectivity index (χ0v) is 18.4. The molecule has 0 atom stereocenters. The lowest BCUT2D eigenvalue weighted by atomic mass is 10.1. The number of para-hydroxylation sites is 1. The highest BCUT2D eigenvalue weighted by Crippen LogP contribution is 2.27. The zero-order chi connectivity index (χ0) is 22.7. The zero-order valence-electron chi connectivity index (χ0n) is 18.4. The Morgan fingerprint density at radius 2 is 1.79 bits per heavy atom. The van der Waals surface area contributed by atoms with Gasteiger partial charge in [-0.05, 0) is 29.8 Å². The number of hydrogen-bond donors (Lipinski definition) is 0. The second kappa shape index (κ2) is 8.95. The van der Waals surface area contributed by atoms with Gasteiger partial charge in [-0.3, -0.25) is 9.97 Å². The first-order valence-electron chi connectivity index (χ1n) is 11.2. The molecule has 9 heteroatoms. The lowest BCUT2D eigenvalue weighted by Crippen LogP contribution is -2.37. The van der Waals surface area contributed by atoms with Gasteiger partial charge in [0, 0.05) is 54.8 Å². The van der Waals surface area contributed by atoms with E-state index in [0.29, 0.717) is 25.6 Å². The van der Waals surface area contributed by atoms with Crippen LogP contribution < -0.4 is 4.90 Å². The Hall–Kier alpha value is -4.24. The first-order chi connectivity index (χ1) is 16.8. The summed E-state index contributed by atoms with van der Waals surface area (Å²) >= 11 is 0. The van der Waals surface area contributed by atoms with Crippen LogP contribution in [-0.4, -0.2) is 50.9 Å². The van der Waals surface area contributed by atoms with Crippen molar-refractivity contribution < 1.29 is 4.74 Å². The van der Waals surface area contributed by atoms with Gasteiger partial charge in [-0.15, -0.1) is 5.11 Å². The summed E-state index contributed by atoms with van der Waals surface area (Å²) in [7, 11) is 0. The number of pyridine rings is 2. The summed E-state index contributed by atoms with van der Waals surface area (Å²) in [5.41, 5.74) is 4.57. The molecule has 0 bridgehead atoms. The molecule has 34 heavy (non-hydrogen) atoms. The second-order valence-electron chi connectivity index (χ2n) is 7.99. The number of anilines is 1. The van der Waals surface area contributed by atoms with Crippen molar-refractivity contribution >= 4 is 28.2 Å². The summed E-state index contributed by atoms with van der Waals surface area (Å²) in [5.74, 6) is 1.48. The average molecular weight is 451 g/mol. The predicted octanol–water partition coefficient (Wildman–Crippen LogP) is 4.46. The molecule has 1 fully saturated rings. The smallest absolute Gasteiger partial charge is 0.179 e. The molecule has 0 amide bonds. The topological polar surface area (TPSA) is 93.2 Å². The molecule has 5 aromatic rings. The number of morpholine rings is 1. The van der Waals surface area contributed by atoms with Gasteiger partial charge in [-0.2, -0.15) is 14.7 Å². The van der Waals surface area contributed by atoms with Crippen molar-refractivity contribution in [3.63, 3.8) is 0 Å². The van der Waals surface area contributed by atoms with Gasteiger partial charge in [0.15, 0.2) is 11.5 Å². The molecule has 1 aromatic carbocycles. The highest BCUT2D eigenvalue weighted by Gasteiger charge is 2.18. The number of benzene rings is 1. The summed E-state index contributed by atoms with van der Waals surface area (Å²) < 4.78 is 7.42. The molecule has 0 aliphatic carbocycles. The molecule has 0 saturated carbocycles. The number of aromatic nitrogens is 5. The van der Waals surface area contributed by atoms with E-state index >= 15 is 0 Å². The van der Waals surface area contributed by atoms with Gasteiger partial charge in [-0.25, -0.2) is 4.98 Å². The molecule has 1 aliphatic rings. The second-order valence-corrected chi connectivity index (χ2v) is 7.99. The van der Waals surface area contributed by atoms with Crippen molar-refractivity contribution in [3.05, 3.63) is 78.8 Å². The van der Waals surface area contributed by atoms with Crippen LogP contribution in [0.1, 0.15) is 5.56 Å². The van der Waals surface area contributed by atoms with Crippen LogP contribution in [0.15, 0.2) is 83.4 Å². The standard InChI is InChI=1S/C25H22N8O/c1-2-4-21-20(3-1)19(7-10-27-21)17-28-30-23-16-25(32-11-13-34-14-12-32)33-24(29-23)15-22(31-33)18-5-8-26-9-6-18/h1-10,15-16H,11-14,17H2. The van der Waals surface area contributed by atoms with E-state index in [9.17, 15) is 0 Å². The van der Waals surface area contributed by atoms with Crippen LogP contribution in [0.3, 0.4) is 0 Å². The Bertz CT molecular complexity index is 1470. The molecule has 0 N–H and O–H groups in total. The van der Waals surface area contributed by atoms with E-state index in [2.05, 4.69) is 31.2 Å². The van der Waals surface area contributed by atoms with E-state index in [1.54, 1.807) is 18.6 Å². The third kappa shape index (κ3) is 3.97. The number of fused-ring (bicyclic) bond motifs is 2. The Balaban J connectivity index is 1.37. The van der Waals surface area contributed by atoms with Crippen LogP contribution in [0, 0.1) is 0 Å². The predicted molar refractivity (Wildman–Crippen MR) is 129 cm³/mol. The maximum Gasteiger partial charge on any atom is 0.179 e. The maximum atomic E-state index is 5.55. The summed E-state index contributed by atoms with van der Waals surface area (Å²) in [5, 5.41) is 14.9. The Labute approximate surface area is 195 Å². The van der Waals surface area contributed by atoms with Crippen LogP contribution in [0.4, 0.5) is 11.6 Å². The van der Waals surface area contributed by atoms with E-state index in [1.807, 2.05) is 53.0 Å². The molecule has 1 saturated heterocycles. The summed E-state index contributed by atoms with van der Waals surface area (Å²) in [6.07, 6.45) is 5.33. The Morgan fingerprint density at radius 3 is 2.68 bits per heavy atom. The van der Waals surface area contributed by atoms with E-state index < -0.39 is 0 Å². The van der Waals surface area contributed by atoms with Gasteiger partial charge < -0.3 is 9.64 Å². The minimum Gasteiger partial charge on any atom is -0.378 e. The van der Waals surface area contributed by atoms with Crippen LogP contribution in [0.25, 0.3) is 27.8 Å².